The van der Waals surface area contributed by atoms with E-state index in [1.165, 1.54) is 0 Å². The van der Waals surface area contributed by atoms with Crippen molar-refractivity contribution in [2.45, 2.75) is 0 Å². The van der Waals surface area contributed by atoms with Crippen LogP contribution in [-0.2, 0) is 10.8 Å². The van der Waals surface area contributed by atoms with Crippen LogP contribution in [0.25, 0.3) is 10.8 Å². The first-order chi connectivity index (χ1) is 9.61. The normalized spacial score (nSPS) is 12.1. The van der Waals surface area contributed by atoms with Crippen molar-refractivity contribution in [3.05, 3.63) is 36.0 Å². The Morgan fingerprint density at radius 1 is 1.40 bits per heavy atom. The second-order valence-electron chi connectivity index (χ2n) is 4.25. The van der Waals surface area contributed by atoms with Gasteiger partial charge in [-0.15, -0.1) is 0 Å². The number of carbonyl (C=O) groups is 1. The molecule has 0 spiro atoms. The number of amides is 1. The average molecular weight is 292 g/mol. The van der Waals surface area contributed by atoms with Crippen LogP contribution < -0.4 is 16.6 Å². The number of carbonyl (C=O) groups excluding carboxylic acids is 1. The van der Waals surface area contributed by atoms with Crippen LogP contribution in [0.4, 0.5) is 5.82 Å². The SMILES string of the molecule is CS(=O)CCNC(=O)c1cc2ccccc2c(NN)n1. The van der Waals surface area contributed by atoms with E-state index < -0.39 is 10.8 Å². The number of pyridine rings is 1. The number of hydrogen-bond acceptors (Lipinski definition) is 5. The maximum atomic E-state index is 12.0. The molecule has 1 heterocycles. The Morgan fingerprint density at radius 3 is 2.85 bits per heavy atom. The molecule has 0 saturated heterocycles. The lowest BCUT2D eigenvalue weighted by molar-refractivity contribution is 0.0951. The molecule has 1 amide bonds. The summed E-state index contributed by atoms with van der Waals surface area (Å²) in [6.45, 7) is 0.349. The Kier molecular flexibility index (Phi) is 4.65. The molecule has 1 unspecified atom stereocenters. The van der Waals surface area contributed by atoms with Gasteiger partial charge in [0.15, 0.2) is 0 Å². The molecule has 1 aromatic heterocycles. The molecule has 0 saturated carbocycles. The van der Waals surface area contributed by atoms with Crippen molar-refractivity contribution in [1.29, 1.82) is 0 Å². The number of benzene rings is 1. The molecule has 0 radical (unpaired) electrons. The number of nitrogens with zero attached hydrogens (tertiary/aromatic N) is 1. The molecule has 1 aromatic carbocycles. The summed E-state index contributed by atoms with van der Waals surface area (Å²) in [7, 11) is -0.934. The van der Waals surface area contributed by atoms with E-state index in [1.54, 1.807) is 12.3 Å². The van der Waals surface area contributed by atoms with Gasteiger partial charge in [-0.05, 0) is 11.5 Å². The van der Waals surface area contributed by atoms with E-state index in [0.717, 1.165) is 10.8 Å². The number of nitrogens with two attached hydrogens (primary N) is 1. The number of aromatic nitrogens is 1. The molecular weight excluding hydrogens is 276 g/mol. The van der Waals surface area contributed by atoms with Crippen LogP contribution >= 0.6 is 0 Å². The topological polar surface area (TPSA) is 97.1 Å². The highest BCUT2D eigenvalue weighted by Crippen LogP contribution is 2.21. The number of fused-ring (bicyclic) bond motifs is 1. The standard InChI is InChI=1S/C13H16N4O2S/c1-20(19)7-6-15-13(18)11-8-9-4-2-3-5-10(9)12(16-11)17-14/h2-5,8H,6-7,14H2,1H3,(H,15,18)(H,16,17). The molecule has 0 aliphatic rings. The molecule has 4 N–H and O–H groups in total. The molecule has 0 fully saturated rings. The second-order valence-corrected chi connectivity index (χ2v) is 5.81. The highest BCUT2D eigenvalue weighted by atomic mass is 32.2. The number of hydrogen-bond donors (Lipinski definition) is 3. The van der Waals surface area contributed by atoms with Crippen LogP contribution in [0.2, 0.25) is 0 Å². The van der Waals surface area contributed by atoms with Crippen molar-refractivity contribution in [2.75, 3.05) is 24.0 Å². The van der Waals surface area contributed by atoms with Gasteiger partial charge >= 0.3 is 0 Å². The maximum absolute atomic E-state index is 12.0. The summed E-state index contributed by atoms with van der Waals surface area (Å²) < 4.78 is 11.0. The van der Waals surface area contributed by atoms with Crippen molar-refractivity contribution in [1.82, 2.24) is 10.3 Å². The molecule has 6 nitrogen and oxygen atoms in total. The zero-order chi connectivity index (χ0) is 14.5. The van der Waals surface area contributed by atoms with Crippen LogP contribution in [0, 0.1) is 0 Å². The van der Waals surface area contributed by atoms with E-state index >= 15 is 0 Å². The fourth-order valence-corrected chi connectivity index (χ4v) is 2.21. The van der Waals surface area contributed by atoms with Crippen LogP contribution in [0.5, 0.6) is 0 Å². The molecule has 7 heteroatoms. The molecule has 2 rings (SSSR count). The number of anilines is 1. The first-order valence-electron chi connectivity index (χ1n) is 6.06. The van der Waals surface area contributed by atoms with Crippen LogP contribution in [0.1, 0.15) is 10.5 Å². The van der Waals surface area contributed by atoms with Gasteiger partial charge in [-0.25, -0.2) is 10.8 Å². The summed E-state index contributed by atoms with van der Waals surface area (Å²) in [5.41, 5.74) is 2.78. The van der Waals surface area contributed by atoms with Crippen LogP contribution in [0.15, 0.2) is 30.3 Å². The van der Waals surface area contributed by atoms with E-state index in [9.17, 15) is 9.00 Å². The van der Waals surface area contributed by atoms with Gasteiger partial charge in [-0.3, -0.25) is 9.00 Å². The Morgan fingerprint density at radius 2 is 2.15 bits per heavy atom. The van der Waals surface area contributed by atoms with E-state index in [-0.39, 0.29) is 11.6 Å². The Balaban J connectivity index is 2.25. The predicted molar refractivity (Wildman–Crippen MR) is 80.8 cm³/mol. The largest absolute Gasteiger partial charge is 0.350 e. The second kappa shape index (κ2) is 6.44. The highest BCUT2D eigenvalue weighted by Gasteiger charge is 2.11. The minimum atomic E-state index is -0.934. The Labute approximate surface area is 119 Å². The minimum absolute atomic E-state index is 0.276. The van der Waals surface area contributed by atoms with Crippen molar-refractivity contribution in [3.8, 4) is 0 Å². The highest BCUT2D eigenvalue weighted by molar-refractivity contribution is 7.84. The molecule has 0 aliphatic heterocycles. The van der Waals surface area contributed by atoms with Crippen molar-refractivity contribution >= 4 is 33.3 Å². The number of rotatable bonds is 5. The molecule has 106 valence electrons. The first-order valence-corrected chi connectivity index (χ1v) is 7.79. The summed E-state index contributed by atoms with van der Waals surface area (Å²) in [5.74, 6) is 6.00. The lowest BCUT2D eigenvalue weighted by Crippen LogP contribution is -2.28. The summed E-state index contributed by atoms with van der Waals surface area (Å²) in [5, 5.41) is 4.41. The molecule has 0 aliphatic carbocycles. The van der Waals surface area contributed by atoms with Gasteiger partial charge in [0.25, 0.3) is 5.91 Å². The van der Waals surface area contributed by atoms with Crippen molar-refractivity contribution < 1.29 is 9.00 Å². The minimum Gasteiger partial charge on any atom is -0.350 e. The van der Waals surface area contributed by atoms with Gasteiger partial charge in [0, 0.05) is 34.7 Å². The third-order valence-corrected chi connectivity index (χ3v) is 3.56. The summed E-state index contributed by atoms with van der Waals surface area (Å²) in [6, 6.07) is 9.22. The smallest absolute Gasteiger partial charge is 0.270 e. The molecule has 2 aromatic rings. The van der Waals surface area contributed by atoms with Crippen molar-refractivity contribution in [2.24, 2.45) is 5.84 Å². The Bertz CT molecular complexity index is 660. The zero-order valence-corrected chi connectivity index (χ0v) is 11.9. The van der Waals surface area contributed by atoms with Crippen LogP contribution in [-0.4, -0.2) is 33.7 Å². The fourth-order valence-electron chi connectivity index (χ4n) is 1.82. The third kappa shape index (κ3) is 3.31. The molecule has 0 bridgehead atoms. The van der Waals surface area contributed by atoms with E-state index in [1.807, 2.05) is 24.3 Å². The monoisotopic (exact) mass is 292 g/mol. The summed E-state index contributed by atoms with van der Waals surface area (Å²) >= 11 is 0. The van der Waals surface area contributed by atoms with Crippen LogP contribution in [0.3, 0.4) is 0 Å². The maximum Gasteiger partial charge on any atom is 0.270 e. The van der Waals surface area contributed by atoms with Gasteiger partial charge in [-0.2, -0.15) is 0 Å². The number of hydrazine groups is 1. The summed E-state index contributed by atoms with van der Waals surface area (Å²) in [4.78, 5) is 16.2. The van der Waals surface area contributed by atoms with Gasteiger partial charge < -0.3 is 10.7 Å². The third-order valence-electron chi connectivity index (χ3n) is 2.78. The number of nitrogen functional groups attached to an aromatic ring is 1. The van der Waals surface area contributed by atoms with E-state index in [2.05, 4.69) is 15.7 Å². The van der Waals surface area contributed by atoms with E-state index in [4.69, 9.17) is 5.84 Å². The van der Waals surface area contributed by atoms with Gasteiger partial charge in [-0.1, -0.05) is 24.3 Å². The lowest BCUT2D eigenvalue weighted by Gasteiger charge is -2.09. The Hall–Kier alpha value is -1.99. The summed E-state index contributed by atoms with van der Waals surface area (Å²) in [6.07, 6.45) is 1.59. The lowest BCUT2D eigenvalue weighted by atomic mass is 10.1. The molecular formula is C13H16N4O2S. The van der Waals surface area contributed by atoms with Gasteiger partial charge in [0.2, 0.25) is 0 Å². The molecule has 20 heavy (non-hydrogen) atoms. The first kappa shape index (κ1) is 14.4. The van der Waals surface area contributed by atoms with Gasteiger partial charge in [0.1, 0.15) is 11.5 Å². The average Bonchev–Trinajstić information content (AvgIpc) is 2.45. The number of nitrogens with one attached hydrogen (secondary N) is 2. The van der Waals surface area contributed by atoms with Gasteiger partial charge in [0.05, 0.1) is 0 Å². The predicted octanol–water partition coefficient (Wildman–Crippen LogP) is 0.629. The fraction of sp³-hybridized carbons (Fsp3) is 0.231. The zero-order valence-electron chi connectivity index (χ0n) is 11.1. The van der Waals surface area contributed by atoms with Crippen molar-refractivity contribution in [3.63, 3.8) is 0 Å². The molecule has 1 atom stereocenters. The quantitative estimate of drug-likeness (QED) is 0.555. The van der Waals surface area contributed by atoms with E-state index in [0.29, 0.717) is 18.1 Å².